The number of pyridine rings is 1. The van der Waals surface area contributed by atoms with Crippen LogP contribution in [0.1, 0.15) is 5.56 Å². The van der Waals surface area contributed by atoms with E-state index in [-0.39, 0.29) is 10.8 Å². The van der Waals surface area contributed by atoms with Gasteiger partial charge in [-0.3, -0.25) is 9.78 Å². The topological polar surface area (TPSA) is 100 Å². The molecule has 0 fully saturated rings. The minimum atomic E-state index is -3.59. The first-order chi connectivity index (χ1) is 11.5. The molecule has 1 heterocycles. The molecule has 0 saturated heterocycles. The molecule has 0 spiro atoms. The van der Waals surface area contributed by atoms with Crippen LogP contribution in [0.25, 0.3) is 6.08 Å². The highest BCUT2D eigenvalue weighted by molar-refractivity contribution is 7.89. The number of aromatic nitrogens is 1. The van der Waals surface area contributed by atoms with Gasteiger partial charge in [0.2, 0.25) is 15.9 Å². The van der Waals surface area contributed by atoms with Crippen molar-refractivity contribution in [3.05, 3.63) is 54.4 Å². The Labute approximate surface area is 140 Å². The van der Waals surface area contributed by atoms with Crippen LogP contribution in [0.4, 0.5) is 11.4 Å². The second kappa shape index (κ2) is 7.71. The fourth-order valence-electron chi connectivity index (χ4n) is 1.95. The van der Waals surface area contributed by atoms with Gasteiger partial charge in [-0.1, -0.05) is 6.07 Å². The van der Waals surface area contributed by atoms with Gasteiger partial charge in [-0.2, -0.15) is 0 Å². The molecule has 1 aromatic heterocycles. The Bertz CT molecular complexity index is 849. The zero-order valence-electron chi connectivity index (χ0n) is 13.3. The third kappa shape index (κ3) is 4.40. The highest BCUT2D eigenvalue weighted by atomic mass is 32.2. The molecule has 0 atom stereocenters. The summed E-state index contributed by atoms with van der Waals surface area (Å²) >= 11 is 0. The molecule has 0 bridgehead atoms. The van der Waals surface area contributed by atoms with Gasteiger partial charge in [0.25, 0.3) is 0 Å². The van der Waals surface area contributed by atoms with Crippen molar-refractivity contribution in [2.45, 2.75) is 4.90 Å². The van der Waals surface area contributed by atoms with Crippen LogP contribution in [0.15, 0.2) is 53.7 Å². The maximum Gasteiger partial charge on any atom is 0.248 e. The standard InChI is InChI=1S/C16H18N4O3S/c1-17-14-7-6-13(24(22,23)18-2)10-15(14)20-16(21)8-5-12-4-3-9-19-11-12/h3-11,17-18H,1-2H3,(H,20,21)/b8-5+. The number of benzene rings is 1. The number of carbonyl (C=O) groups excluding carboxylic acids is 1. The molecule has 0 unspecified atom stereocenters. The zero-order valence-corrected chi connectivity index (χ0v) is 14.1. The zero-order chi connectivity index (χ0) is 17.6. The molecule has 126 valence electrons. The third-order valence-corrected chi connectivity index (χ3v) is 4.62. The van der Waals surface area contributed by atoms with Crippen molar-refractivity contribution in [1.29, 1.82) is 0 Å². The first-order valence-corrected chi connectivity index (χ1v) is 8.59. The van der Waals surface area contributed by atoms with Crippen LogP contribution in [0.5, 0.6) is 0 Å². The van der Waals surface area contributed by atoms with Crippen molar-refractivity contribution in [3.8, 4) is 0 Å². The lowest BCUT2D eigenvalue weighted by Gasteiger charge is -2.12. The van der Waals surface area contributed by atoms with Crippen molar-refractivity contribution in [1.82, 2.24) is 9.71 Å². The summed E-state index contributed by atoms with van der Waals surface area (Å²) in [5.41, 5.74) is 1.76. The van der Waals surface area contributed by atoms with Crippen molar-refractivity contribution in [2.75, 3.05) is 24.7 Å². The van der Waals surface area contributed by atoms with E-state index >= 15 is 0 Å². The van der Waals surface area contributed by atoms with E-state index < -0.39 is 10.0 Å². The van der Waals surface area contributed by atoms with E-state index in [1.54, 1.807) is 37.7 Å². The maximum atomic E-state index is 12.1. The first kappa shape index (κ1) is 17.6. The van der Waals surface area contributed by atoms with Crippen LogP contribution < -0.4 is 15.4 Å². The monoisotopic (exact) mass is 346 g/mol. The fourth-order valence-corrected chi connectivity index (χ4v) is 2.71. The van der Waals surface area contributed by atoms with Gasteiger partial charge in [-0.15, -0.1) is 0 Å². The largest absolute Gasteiger partial charge is 0.386 e. The summed E-state index contributed by atoms with van der Waals surface area (Å²) in [4.78, 5) is 16.1. The summed E-state index contributed by atoms with van der Waals surface area (Å²) < 4.78 is 26.0. The molecule has 0 saturated carbocycles. The molecule has 1 aromatic carbocycles. The Morgan fingerprint density at radius 3 is 2.58 bits per heavy atom. The Hall–Kier alpha value is -2.71. The van der Waals surface area contributed by atoms with E-state index in [2.05, 4.69) is 20.3 Å². The first-order valence-electron chi connectivity index (χ1n) is 7.10. The van der Waals surface area contributed by atoms with Crippen LogP contribution in [-0.4, -0.2) is 33.4 Å². The predicted octanol–water partition coefficient (Wildman–Crippen LogP) is 1.68. The molecule has 0 aliphatic rings. The van der Waals surface area contributed by atoms with Crippen LogP contribution in [0.2, 0.25) is 0 Å². The van der Waals surface area contributed by atoms with Crippen molar-refractivity contribution in [3.63, 3.8) is 0 Å². The lowest BCUT2D eigenvalue weighted by atomic mass is 10.2. The molecule has 0 aliphatic heterocycles. The van der Waals surface area contributed by atoms with Crippen molar-refractivity contribution < 1.29 is 13.2 Å². The lowest BCUT2D eigenvalue weighted by molar-refractivity contribution is -0.111. The molecule has 0 radical (unpaired) electrons. The number of hydrogen-bond acceptors (Lipinski definition) is 5. The third-order valence-electron chi connectivity index (χ3n) is 3.21. The normalized spacial score (nSPS) is 11.4. The predicted molar refractivity (Wildman–Crippen MR) is 94.1 cm³/mol. The smallest absolute Gasteiger partial charge is 0.248 e. The van der Waals surface area contributed by atoms with E-state index in [1.807, 2.05) is 6.07 Å². The summed E-state index contributed by atoms with van der Waals surface area (Å²) in [6.07, 6.45) is 6.25. The maximum absolute atomic E-state index is 12.1. The van der Waals surface area contributed by atoms with Gasteiger partial charge in [0, 0.05) is 25.5 Å². The Balaban J connectivity index is 2.23. The van der Waals surface area contributed by atoms with Crippen molar-refractivity contribution >= 4 is 33.4 Å². The molecule has 7 nitrogen and oxygen atoms in total. The highest BCUT2D eigenvalue weighted by Gasteiger charge is 2.14. The Kier molecular flexibility index (Phi) is 5.67. The Morgan fingerprint density at radius 1 is 1.17 bits per heavy atom. The number of hydrogen-bond donors (Lipinski definition) is 3. The minimum Gasteiger partial charge on any atom is -0.386 e. The quantitative estimate of drug-likeness (QED) is 0.691. The molecular formula is C16H18N4O3S. The van der Waals surface area contributed by atoms with E-state index in [0.717, 1.165) is 5.56 Å². The number of nitrogens with zero attached hydrogens (tertiary/aromatic N) is 1. The molecule has 2 aromatic rings. The summed E-state index contributed by atoms with van der Waals surface area (Å²) in [6, 6.07) is 8.02. The number of nitrogens with one attached hydrogen (secondary N) is 3. The van der Waals surface area contributed by atoms with Gasteiger partial charge in [-0.05, 0) is 43.0 Å². The number of carbonyl (C=O) groups is 1. The SMILES string of the molecule is CNc1ccc(S(=O)(=O)NC)cc1NC(=O)/C=C/c1cccnc1. The number of amides is 1. The van der Waals surface area contributed by atoms with Crippen molar-refractivity contribution in [2.24, 2.45) is 0 Å². The van der Waals surface area contributed by atoms with E-state index in [0.29, 0.717) is 11.4 Å². The van der Waals surface area contributed by atoms with Crippen LogP contribution in [0.3, 0.4) is 0 Å². The van der Waals surface area contributed by atoms with Crippen LogP contribution in [-0.2, 0) is 14.8 Å². The number of sulfonamides is 1. The summed E-state index contributed by atoms with van der Waals surface area (Å²) in [5.74, 6) is -0.380. The van der Waals surface area contributed by atoms with Crippen LogP contribution in [0, 0.1) is 0 Å². The second-order valence-corrected chi connectivity index (χ2v) is 6.66. The minimum absolute atomic E-state index is 0.0653. The lowest BCUT2D eigenvalue weighted by Crippen LogP contribution is -2.19. The molecule has 1 amide bonds. The second-order valence-electron chi connectivity index (χ2n) is 4.77. The van der Waals surface area contributed by atoms with Crippen LogP contribution >= 0.6 is 0 Å². The highest BCUT2D eigenvalue weighted by Crippen LogP contribution is 2.25. The molecular weight excluding hydrogens is 328 g/mol. The van der Waals surface area contributed by atoms with Gasteiger partial charge < -0.3 is 10.6 Å². The van der Waals surface area contributed by atoms with E-state index in [9.17, 15) is 13.2 Å². The van der Waals surface area contributed by atoms with E-state index in [4.69, 9.17) is 0 Å². The molecule has 0 aliphatic carbocycles. The molecule has 8 heteroatoms. The van der Waals surface area contributed by atoms with Gasteiger partial charge in [0.15, 0.2) is 0 Å². The average Bonchev–Trinajstić information content (AvgIpc) is 2.60. The number of rotatable bonds is 6. The average molecular weight is 346 g/mol. The molecule has 24 heavy (non-hydrogen) atoms. The summed E-state index contributed by atoms with van der Waals surface area (Å²) in [7, 11) is -0.579. The molecule has 2 rings (SSSR count). The van der Waals surface area contributed by atoms with E-state index in [1.165, 1.54) is 25.3 Å². The summed E-state index contributed by atoms with van der Waals surface area (Å²) in [6.45, 7) is 0. The molecule has 3 N–H and O–H groups in total. The Morgan fingerprint density at radius 2 is 1.96 bits per heavy atom. The van der Waals surface area contributed by atoms with Gasteiger partial charge in [0.1, 0.15) is 0 Å². The summed E-state index contributed by atoms with van der Waals surface area (Å²) in [5, 5.41) is 5.57. The van der Waals surface area contributed by atoms with Gasteiger partial charge in [-0.25, -0.2) is 13.1 Å². The number of anilines is 2. The van der Waals surface area contributed by atoms with Gasteiger partial charge in [0.05, 0.1) is 16.3 Å². The fraction of sp³-hybridized carbons (Fsp3) is 0.125. The van der Waals surface area contributed by atoms with Gasteiger partial charge >= 0.3 is 0 Å².